The van der Waals surface area contributed by atoms with Gasteiger partial charge in [-0.15, -0.1) is 11.3 Å². The number of ether oxygens (including phenoxy) is 2. The fraction of sp³-hybridized carbons (Fsp3) is 0.286. The van der Waals surface area contributed by atoms with E-state index in [9.17, 15) is 0 Å². The van der Waals surface area contributed by atoms with Crippen LogP contribution in [0, 0.1) is 0 Å². The second-order valence-electron chi connectivity index (χ2n) is 3.98. The highest BCUT2D eigenvalue weighted by molar-refractivity contribution is 7.09. The van der Waals surface area contributed by atoms with Crippen LogP contribution < -0.4 is 15.2 Å². The Morgan fingerprint density at radius 1 is 1.37 bits per heavy atom. The number of halogens is 1. The van der Waals surface area contributed by atoms with Crippen molar-refractivity contribution in [1.29, 1.82) is 0 Å². The van der Waals surface area contributed by atoms with Gasteiger partial charge < -0.3 is 15.2 Å². The normalized spacial score (nSPS) is 10.5. The fourth-order valence-corrected chi connectivity index (χ4v) is 2.72. The van der Waals surface area contributed by atoms with Gasteiger partial charge in [0, 0.05) is 34.5 Å². The molecule has 1 aromatic heterocycles. The van der Waals surface area contributed by atoms with Crippen LogP contribution >= 0.6 is 22.9 Å². The molecule has 0 aliphatic carbocycles. The van der Waals surface area contributed by atoms with Crippen LogP contribution in [0.3, 0.4) is 0 Å². The van der Waals surface area contributed by atoms with Gasteiger partial charge in [-0.3, -0.25) is 0 Å². The Balaban J connectivity index is 2.09. The van der Waals surface area contributed by atoms with Gasteiger partial charge in [0.2, 0.25) is 0 Å². The Labute approximate surface area is 121 Å². The summed E-state index contributed by atoms with van der Waals surface area (Å²) in [6.07, 6.45) is 0.869. The van der Waals surface area contributed by atoms with Crippen molar-refractivity contribution in [1.82, 2.24) is 0 Å². The number of nitrogens with two attached hydrogens (primary N) is 1. The Morgan fingerprint density at radius 3 is 2.84 bits per heavy atom. The lowest BCUT2D eigenvalue weighted by Crippen LogP contribution is -2.07. The Bertz CT molecular complexity index is 503. The predicted octanol–water partition coefficient (Wildman–Crippen LogP) is 3.49. The van der Waals surface area contributed by atoms with Crippen molar-refractivity contribution in [3.63, 3.8) is 0 Å². The van der Waals surface area contributed by atoms with E-state index in [4.69, 9.17) is 26.8 Å². The molecule has 0 bridgehead atoms. The highest BCUT2D eigenvalue weighted by atomic mass is 35.5. The summed E-state index contributed by atoms with van der Waals surface area (Å²) in [5.41, 5.74) is 6.57. The van der Waals surface area contributed by atoms with Crippen LogP contribution in [0.15, 0.2) is 29.6 Å². The maximum atomic E-state index is 6.01. The van der Waals surface area contributed by atoms with E-state index in [1.54, 1.807) is 24.5 Å². The molecule has 0 aliphatic rings. The summed E-state index contributed by atoms with van der Waals surface area (Å²) < 4.78 is 11.1. The summed E-state index contributed by atoms with van der Waals surface area (Å²) >= 11 is 7.73. The van der Waals surface area contributed by atoms with Crippen LogP contribution in [0.2, 0.25) is 5.02 Å². The fourth-order valence-electron chi connectivity index (χ4n) is 1.80. The zero-order valence-electron chi connectivity index (χ0n) is 10.7. The van der Waals surface area contributed by atoms with Gasteiger partial charge in [0.15, 0.2) is 11.5 Å². The zero-order valence-corrected chi connectivity index (χ0v) is 12.3. The molecule has 1 aromatic carbocycles. The Hall–Kier alpha value is -1.23. The van der Waals surface area contributed by atoms with Crippen molar-refractivity contribution in [3.05, 3.63) is 45.1 Å². The van der Waals surface area contributed by atoms with E-state index in [-0.39, 0.29) is 0 Å². The van der Waals surface area contributed by atoms with Gasteiger partial charge in [0.05, 0.1) is 13.7 Å². The number of hydrogen-bond acceptors (Lipinski definition) is 4. The second-order valence-corrected chi connectivity index (χ2v) is 5.45. The lowest BCUT2D eigenvalue weighted by atomic mass is 10.2. The summed E-state index contributed by atoms with van der Waals surface area (Å²) in [5, 5.41) is 2.66. The minimum atomic E-state index is 0.366. The van der Waals surface area contributed by atoms with Gasteiger partial charge in [-0.25, -0.2) is 0 Å². The minimum Gasteiger partial charge on any atom is -0.493 e. The number of benzene rings is 1. The predicted molar refractivity (Wildman–Crippen MR) is 79.4 cm³/mol. The molecule has 0 saturated heterocycles. The highest BCUT2D eigenvalue weighted by Crippen LogP contribution is 2.34. The average molecular weight is 298 g/mol. The van der Waals surface area contributed by atoms with Gasteiger partial charge in [-0.2, -0.15) is 0 Å². The van der Waals surface area contributed by atoms with Gasteiger partial charge in [0.25, 0.3) is 0 Å². The van der Waals surface area contributed by atoms with Crippen LogP contribution in [0.25, 0.3) is 0 Å². The van der Waals surface area contributed by atoms with Crippen molar-refractivity contribution in [3.8, 4) is 11.5 Å². The zero-order chi connectivity index (χ0) is 13.7. The molecule has 0 radical (unpaired) electrons. The summed E-state index contributed by atoms with van der Waals surface area (Å²) in [5.74, 6) is 1.31. The SMILES string of the molecule is COc1cc(Cl)cc(CN)c1OCCc1cccs1. The van der Waals surface area contributed by atoms with E-state index in [0.29, 0.717) is 29.7 Å². The van der Waals surface area contributed by atoms with Crippen molar-refractivity contribution in [2.75, 3.05) is 13.7 Å². The molecular weight excluding hydrogens is 282 g/mol. The maximum Gasteiger partial charge on any atom is 0.165 e. The molecule has 3 nitrogen and oxygen atoms in total. The molecule has 5 heteroatoms. The third-order valence-corrected chi connectivity index (χ3v) is 3.87. The third kappa shape index (κ3) is 3.62. The van der Waals surface area contributed by atoms with Gasteiger partial charge in [0.1, 0.15) is 0 Å². The van der Waals surface area contributed by atoms with Crippen LogP contribution in [0.4, 0.5) is 0 Å². The van der Waals surface area contributed by atoms with Crippen molar-refractivity contribution < 1.29 is 9.47 Å². The molecule has 102 valence electrons. The maximum absolute atomic E-state index is 6.01. The minimum absolute atomic E-state index is 0.366. The molecule has 2 rings (SSSR count). The molecule has 19 heavy (non-hydrogen) atoms. The van der Waals surface area contributed by atoms with Crippen molar-refractivity contribution in [2.45, 2.75) is 13.0 Å². The van der Waals surface area contributed by atoms with Crippen molar-refractivity contribution in [2.24, 2.45) is 5.73 Å². The van der Waals surface area contributed by atoms with E-state index >= 15 is 0 Å². The van der Waals surface area contributed by atoms with Crippen LogP contribution in [0.5, 0.6) is 11.5 Å². The second kappa shape index (κ2) is 6.80. The molecule has 0 aliphatic heterocycles. The first kappa shape index (κ1) is 14.2. The molecule has 0 unspecified atom stereocenters. The van der Waals surface area contributed by atoms with E-state index < -0.39 is 0 Å². The third-order valence-electron chi connectivity index (χ3n) is 2.71. The van der Waals surface area contributed by atoms with E-state index in [2.05, 4.69) is 11.4 Å². The topological polar surface area (TPSA) is 44.5 Å². The van der Waals surface area contributed by atoms with Gasteiger partial charge in [-0.1, -0.05) is 17.7 Å². The molecule has 0 amide bonds. The quantitative estimate of drug-likeness (QED) is 0.887. The molecule has 2 aromatic rings. The number of rotatable bonds is 6. The first-order chi connectivity index (χ1) is 9.24. The van der Waals surface area contributed by atoms with E-state index in [1.165, 1.54) is 4.88 Å². The Morgan fingerprint density at radius 2 is 2.21 bits per heavy atom. The summed E-state index contributed by atoms with van der Waals surface area (Å²) in [7, 11) is 1.60. The molecule has 0 atom stereocenters. The number of thiophene rings is 1. The van der Waals surface area contributed by atoms with Gasteiger partial charge >= 0.3 is 0 Å². The Kier molecular flexibility index (Phi) is 5.07. The monoisotopic (exact) mass is 297 g/mol. The smallest absolute Gasteiger partial charge is 0.165 e. The van der Waals surface area contributed by atoms with Crippen molar-refractivity contribution >= 4 is 22.9 Å². The highest BCUT2D eigenvalue weighted by Gasteiger charge is 2.12. The van der Waals surface area contributed by atoms with Gasteiger partial charge in [-0.05, 0) is 17.5 Å². The summed E-state index contributed by atoms with van der Waals surface area (Å²) in [6, 6.07) is 7.68. The standard InChI is InChI=1S/C14H16ClNO2S/c1-17-13-8-11(15)7-10(9-16)14(13)18-5-4-12-3-2-6-19-12/h2-3,6-8H,4-5,9,16H2,1H3. The molecule has 2 N–H and O–H groups in total. The largest absolute Gasteiger partial charge is 0.493 e. The molecule has 0 saturated carbocycles. The number of hydrogen-bond donors (Lipinski definition) is 1. The molecule has 0 fully saturated rings. The van der Waals surface area contributed by atoms with E-state index in [0.717, 1.165) is 12.0 Å². The molecular formula is C14H16ClNO2S. The van der Waals surface area contributed by atoms with Crippen LogP contribution in [-0.2, 0) is 13.0 Å². The lowest BCUT2D eigenvalue weighted by molar-refractivity contribution is 0.295. The molecule has 0 spiro atoms. The first-order valence-electron chi connectivity index (χ1n) is 5.96. The summed E-state index contributed by atoms with van der Waals surface area (Å²) in [4.78, 5) is 1.29. The average Bonchev–Trinajstić information content (AvgIpc) is 2.92. The first-order valence-corrected chi connectivity index (χ1v) is 7.22. The van der Waals surface area contributed by atoms with Crippen LogP contribution in [0.1, 0.15) is 10.4 Å². The summed E-state index contributed by atoms with van der Waals surface area (Å²) in [6.45, 7) is 0.955. The lowest BCUT2D eigenvalue weighted by Gasteiger charge is -2.14. The number of methoxy groups -OCH3 is 1. The van der Waals surface area contributed by atoms with Crippen LogP contribution in [-0.4, -0.2) is 13.7 Å². The van der Waals surface area contributed by atoms with E-state index in [1.807, 2.05) is 12.1 Å². The molecule has 1 heterocycles.